The third-order valence-corrected chi connectivity index (χ3v) is 1.97. The van der Waals surface area contributed by atoms with Crippen molar-refractivity contribution in [3.8, 4) is 0 Å². The van der Waals surface area contributed by atoms with Gasteiger partial charge < -0.3 is 20.6 Å². The lowest BCUT2D eigenvalue weighted by atomic mass is 10.0. The lowest BCUT2D eigenvalue weighted by Crippen LogP contribution is -2.49. The molecule has 74 valence electrons. The summed E-state index contributed by atoms with van der Waals surface area (Å²) in [5.74, 6) is 0. The molecule has 0 bridgehead atoms. The molecule has 1 fully saturated rings. The first-order valence-electron chi connectivity index (χ1n) is 3.98. The third-order valence-electron chi connectivity index (χ3n) is 1.97. The van der Waals surface area contributed by atoms with E-state index in [0.717, 1.165) is 0 Å². The number of hydrogen-bond acceptors (Lipinski definition) is 4. The van der Waals surface area contributed by atoms with Gasteiger partial charge in [-0.3, -0.25) is 0 Å². The Morgan fingerprint density at radius 1 is 1.85 bits per heavy atom. The lowest BCUT2D eigenvalue weighted by molar-refractivity contribution is 0.145. The van der Waals surface area contributed by atoms with Crippen molar-refractivity contribution >= 4 is 11.8 Å². The van der Waals surface area contributed by atoms with E-state index in [1.54, 1.807) is 0 Å². The van der Waals surface area contributed by atoms with Crippen LogP contribution >= 0.6 is 0 Å². The molecule has 6 nitrogen and oxygen atoms in total. The van der Waals surface area contributed by atoms with Crippen LogP contribution in [0.3, 0.4) is 0 Å². The summed E-state index contributed by atoms with van der Waals surface area (Å²) >= 11 is 0. The number of rotatable bonds is 1. The van der Waals surface area contributed by atoms with Gasteiger partial charge in [-0.2, -0.15) is 0 Å². The summed E-state index contributed by atoms with van der Waals surface area (Å²) in [5, 5.41) is 12.4. The number of nitrogens with two attached hydrogens (primary N) is 1. The zero-order valence-corrected chi connectivity index (χ0v) is 7.43. The lowest BCUT2D eigenvalue weighted by Gasteiger charge is -2.28. The Morgan fingerprint density at radius 2 is 2.54 bits per heavy atom. The minimum absolute atomic E-state index is 0.185. The molecule has 6 heteroatoms. The van der Waals surface area contributed by atoms with Crippen molar-refractivity contribution in [2.24, 2.45) is 10.9 Å². The number of amides is 1. The Bertz CT molecular complexity index is 229. The van der Waals surface area contributed by atoms with E-state index >= 15 is 0 Å². The van der Waals surface area contributed by atoms with Crippen LogP contribution in [0.2, 0.25) is 0 Å². The van der Waals surface area contributed by atoms with Gasteiger partial charge in [0.25, 0.3) is 0 Å². The normalized spacial score (nSPS) is 26.2. The maximum Gasteiger partial charge on any atom is 0.407 e. The largest absolute Gasteiger partial charge is 0.465 e. The SMILES string of the molecule is CO/N=C1\CN(C(=O)O)CCC1N. The molecule has 1 amide bonds. The number of hydrogen-bond donors (Lipinski definition) is 2. The third kappa shape index (κ3) is 2.32. The van der Waals surface area contributed by atoms with Crippen LogP contribution in [0.1, 0.15) is 6.42 Å². The predicted octanol–water partition coefficient (Wildman–Crippen LogP) is -0.300. The molecule has 1 rings (SSSR count). The van der Waals surface area contributed by atoms with Crippen molar-refractivity contribution < 1.29 is 14.7 Å². The second-order valence-electron chi connectivity index (χ2n) is 2.86. The quantitative estimate of drug-likeness (QED) is 0.551. The molecule has 1 unspecified atom stereocenters. The first-order valence-corrected chi connectivity index (χ1v) is 3.98. The molecule has 0 aromatic rings. The molecule has 1 saturated heterocycles. The highest BCUT2D eigenvalue weighted by Crippen LogP contribution is 2.06. The monoisotopic (exact) mass is 187 g/mol. The van der Waals surface area contributed by atoms with E-state index in [9.17, 15) is 4.79 Å². The van der Waals surface area contributed by atoms with Gasteiger partial charge in [0.05, 0.1) is 12.3 Å². The fraction of sp³-hybridized carbons (Fsp3) is 0.714. The van der Waals surface area contributed by atoms with Gasteiger partial charge in [-0.05, 0) is 6.42 Å². The fourth-order valence-electron chi connectivity index (χ4n) is 1.23. The van der Waals surface area contributed by atoms with E-state index in [2.05, 4.69) is 9.99 Å². The van der Waals surface area contributed by atoms with E-state index in [-0.39, 0.29) is 12.6 Å². The number of likely N-dealkylation sites (tertiary alicyclic amines) is 1. The van der Waals surface area contributed by atoms with Crippen molar-refractivity contribution in [1.82, 2.24) is 4.90 Å². The Kier molecular flexibility index (Phi) is 3.07. The average molecular weight is 187 g/mol. The molecule has 0 aliphatic carbocycles. The molecule has 1 atom stereocenters. The topological polar surface area (TPSA) is 88.1 Å². The highest BCUT2D eigenvalue weighted by atomic mass is 16.6. The van der Waals surface area contributed by atoms with Gasteiger partial charge in [-0.15, -0.1) is 0 Å². The first-order chi connectivity index (χ1) is 6.15. The molecule has 1 aliphatic rings. The van der Waals surface area contributed by atoms with Gasteiger partial charge in [0.15, 0.2) is 0 Å². The Labute approximate surface area is 75.9 Å². The van der Waals surface area contributed by atoms with Crippen molar-refractivity contribution in [2.75, 3.05) is 20.2 Å². The standard InChI is InChI=1S/C7H13N3O3/c1-13-9-6-4-10(7(11)12)3-2-5(6)8/h5H,2-4,8H2,1H3,(H,11,12)/b9-6+. The zero-order valence-electron chi connectivity index (χ0n) is 7.43. The molecular weight excluding hydrogens is 174 g/mol. The van der Waals surface area contributed by atoms with Gasteiger partial charge in [-0.1, -0.05) is 5.16 Å². The number of nitrogens with zero attached hydrogens (tertiary/aromatic N) is 2. The van der Waals surface area contributed by atoms with Crippen LogP contribution in [0.4, 0.5) is 4.79 Å². The number of carboxylic acid groups (broad SMARTS) is 1. The summed E-state index contributed by atoms with van der Waals surface area (Å²) in [6.45, 7) is 0.698. The molecule has 1 aliphatic heterocycles. The van der Waals surface area contributed by atoms with Crippen molar-refractivity contribution in [2.45, 2.75) is 12.5 Å². The number of oxime groups is 1. The number of carbonyl (C=O) groups is 1. The maximum atomic E-state index is 10.6. The smallest absolute Gasteiger partial charge is 0.407 e. The highest BCUT2D eigenvalue weighted by molar-refractivity contribution is 5.93. The second-order valence-corrected chi connectivity index (χ2v) is 2.86. The molecular formula is C7H13N3O3. The van der Waals surface area contributed by atoms with Crippen LogP contribution in [-0.2, 0) is 4.84 Å². The van der Waals surface area contributed by atoms with Crippen molar-refractivity contribution in [3.05, 3.63) is 0 Å². The molecule has 0 aromatic carbocycles. The Morgan fingerprint density at radius 3 is 3.08 bits per heavy atom. The van der Waals surface area contributed by atoms with Gasteiger partial charge in [-0.25, -0.2) is 4.79 Å². The van der Waals surface area contributed by atoms with Crippen LogP contribution in [0.25, 0.3) is 0 Å². The Balaban J connectivity index is 2.63. The van der Waals surface area contributed by atoms with Gasteiger partial charge in [0.2, 0.25) is 0 Å². The van der Waals surface area contributed by atoms with Crippen molar-refractivity contribution in [3.63, 3.8) is 0 Å². The summed E-state index contributed by atoms with van der Waals surface area (Å²) < 4.78 is 0. The predicted molar refractivity (Wildman–Crippen MR) is 46.6 cm³/mol. The molecule has 0 saturated carbocycles. The number of piperidine rings is 1. The summed E-state index contributed by atoms with van der Waals surface area (Å²) in [6, 6.07) is -0.185. The zero-order chi connectivity index (χ0) is 9.84. The summed E-state index contributed by atoms with van der Waals surface area (Å²) in [6.07, 6.45) is -0.357. The average Bonchev–Trinajstić information content (AvgIpc) is 2.08. The summed E-state index contributed by atoms with van der Waals surface area (Å²) in [5.41, 5.74) is 6.28. The van der Waals surface area contributed by atoms with Crippen molar-refractivity contribution in [1.29, 1.82) is 0 Å². The molecule has 0 aromatic heterocycles. The van der Waals surface area contributed by atoms with Gasteiger partial charge >= 0.3 is 6.09 Å². The van der Waals surface area contributed by atoms with E-state index in [4.69, 9.17) is 10.8 Å². The van der Waals surface area contributed by atoms with Crippen LogP contribution < -0.4 is 5.73 Å². The molecule has 13 heavy (non-hydrogen) atoms. The maximum absolute atomic E-state index is 10.6. The van der Waals surface area contributed by atoms with Crippen LogP contribution in [0.5, 0.6) is 0 Å². The van der Waals surface area contributed by atoms with Crippen LogP contribution in [-0.4, -0.2) is 48.1 Å². The fourth-order valence-corrected chi connectivity index (χ4v) is 1.23. The summed E-state index contributed by atoms with van der Waals surface area (Å²) in [7, 11) is 1.42. The minimum atomic E-state index is -0.948. The Hall–Kier alpha value is -1.30. The molecule has 3 N–H and O–H groups in total. The molecule has 1 heterocycles. The van der Waals surface area contributed by atoms with Crippen LogP contribution in [0.15, 0.2) is 5.16 Å². The van der Waals surface area contributed by atoms with Gasteiger partial charge in [0.1, 0.15) is 7.11 Å². The second kappa shape index (κ2) is 4.08. The van der Waals surface area contributed by atoms with E-state index in [1.807, 2.05) is 0 Å². The minimum Gasteiger partial charge on any atom is -0.465 e. The molecule has 0 spiro atoms. The summed E-state index contributed by atoms with van der Waals surface area (Å²) in [4.78, 5) is 16.4. The highest BCUT2D eigenvalue weighted by Gasteiger charge is 2.25. The first kappa shape index (κ1) is 9.79. The van der Waals surface area contributed by atoms with Gasteiger partial charge in [0, 0.05) is 12.6 Å². The molecule has 0 radical (unpaired) electrons. The van der Waals surface area contributed by atoms with E-state index in [0.29, 0.717) is 18.7 Å². The van der Waals surface area contributed by atoms with E-state index in [1.165, 1.54) is 12.0 Å². The van der Waals surface area contributed by atoms with E-state index < -0.39 is 6.09 Å². The van der Waals surface area contributed by atoms with Crippen LogP contribution in [0, 0.1) is 0 Å².